The summed E-state index contributed by atoms with van der Waals surface area (Å²) in [4.78, 5) is 0. The minimum Gasteiger partial charge on any atom is -0.388 e. The Labute approximate surface area is 84.5 Å². The molecule has 3 heteroatoms. The highest BCUT2D eigenvalue weighted by Gasteiger charge is 2.14. The van der Waals surface area contributed by atoms with Gasteiger partial charge in [-0.25, -0.2) is 0 Å². The van der Waals surface area contributed by atoms with Crippen LogP contribution in [0.1, 0.15) is 11.7 Å². The van der Waals surface area contributed by atoms with Crippen LogP contribution in [0.2, 0.25) is 0 Å². The highest BCUT2D eigenvalue weighted by Crippen LogP contribution is 2.20. The molecule has 0 amide bonds. The molecule has 1 fully saturated rings. The van der Waals surface area contributed by atoms with Gasteiger partial charge in [0.25, 0.3) is 0 Å². The number of ether oxygens (including phenoxy) is 1. The molecule has 76 valence electrons. The lowest BCUT2D eigenvalue weighted by atomic mass is 10.1. The largest absolute Gasteiger partial charge is 0.388 e. The molecular weight excluding hydrogens is 176 g/mol. The third-order valence-electron chi connectivity index (χ3n) is 2.50. The Balaban J connectivity index is 2.07. The van der Waals surface area contributed by atoms with E-state index < -0.39 is 0 Å². The van der Waals surface area contributed by atoms with Crippen molar-refractivity contribution in [1.29, 1.82) is 0 Å². The molecule has 0 bridgehead atoms. The van der Waals surface area contributed by atoms with Crippen molar-refractivity contribution in [2.24, 2.45) is 0 Å². The monoisotopic (exact) mass is 192 g/mol. The van der Waals surface area contributed by atoms with Gasteiger partial charge in [0.15, 0.2) is 0 Å². The second-order valence-corrected chi connectivity index (χ2v) is 3.44. The predicted octanol–water partition coefficient (Wildman–Crippen LogP) is 1.39. The fourth-order valence-electron chi connectivity index (χ4n) is 1.64. The lowest BCUT2D eigenvalue weighted by molar-refractivity contribution is 0.0277. The van der Waals surface area contributed by atoms with E-state index in [2.05, 4.69) is 34.9 Å². The van der Waals surface area contributed by atoms with Crippen LogP contribution >= 0.6 is 0 Å². The van der Waals surface area contributed by atoms with Crippen molar-refractivity contribution in [2.45, 2.75) is 6.10 Å². The Bertz CT molecular complexity index is 278. The van der Waals surface area contributed by atoms with Crippen LogP contribution in [0.25, 0.3) is 0 Å². The first-order valence-corrected chi connectivity index (χ1v) is 5.00. The van der Waals surface area contributed by atoms with E-state index in [-0.39, 0.29) is 6.10 Å². The predicted molar refractivity (Wildman–Crippen MR) is 57.6 cm³/mol. The number of rotatable bonds is 2. The van der Waals surface area contributed by atoms with Crippen LogP contribution in [0.4, 0.5) is 5.69 Å². The van der Waals surface area contributed by atoms with Crippen LogP contribution in [-0.2, 0) is 4.74 Å². The van der Waals surface area contributed by atoms with Crippen molar-refractivity contribution in [3.63, 3.8) is 0 Å². The van der Waals surface area contributed by atoms with Crippen LogP contribution in [0.15, 0.2) is 24.3 Å². The average molecular weight is 192 g/mol. The average Bonchev–Trinajstić information content (AvgIpc) is 2.30. The zero-order chi connectivity index (χ0) is 9.80. The lowest BCUT2D eigenvalue weighted by Gasteiger charge is -2.24. The van der Waals surface area contributed by atoms with Gasteiger partial charge >= 0.3 is 0 Å². The second kappa shape index (κ2) is 4.44. The molecule has 1 aliphatic heterocycles. The molecule has 14 heavy (non-hydrogen) atoms. The molecule has 0 aliphatic carbocycles. The Kier molecular flexibility index (Phi) is 3.01. The molecule has 2 rings (SSSR count). The fraction of sp³-hybridized carbons (Fsp3) is 0.455. The van der Waals surface area contributed by atoms with Crippen molar-refractivity contribution in [3.8, 4) is 0 Å². The van der Waals surface area contributed by atoms with Crippen molar-refractivity contribution in [1.82, 2.24) is 5.32 Å². The quantitative estimate of drug-likeness (QED) is 0.743. The molecule has 1 unspecified atom stereocenters. The van der Waals surface area contributed by atoms with Crippen molar-refractivity contribution in [2.75, 3.05) is 32.1 Å². The van der Waals surface area contributed by atoms with Gasteiger partial charge in [0.1, 0.15) is 0 Å². The van der Waals surface area contributed by atoms with E-state index in [0.717, 1.165) is 25.4 Å². The molecule has 1 aromatic rings. The number of hydrogen-bond acceptors (Lipinski definition) is 3. The van der Waals surface area contributed by atoms with E-state index in [9.17, 15) is 0 Å². The van der Waals surface area contributed by atoms with Crippen LogP contribution in [0.5, 0.6) is 0 Å². The van der Waals surface area contributed by atoms with Gasteiger partial charge in [0, 0.05) is 25.8 Å². The maximum Gasteiger partial charge on any atom is 0.0949 e. The summed E-state index contributed by atoms with van der Waals surface area (Å²) in [5.74, 6) is 0. The molecule has 0 saturated carbocycles. The van der Waals surface area contributed by atoms with Crippen molar-refractivity contribution < 1.29 is 4.74 Å². The van der Waals surface area contributed by atoms with Crippen LogP contribution < -0.4 is 10.6 Å². The smallest absolute Gasteiger partial charge is 0.0949 e. The molecule has 0 radical (unpaired) electrons. The molecule has 2 N–H and O–H groups in total. The molecule has 1 atom stereocenters. The third kappa shape index (κ3) is 2.05. The lowest BCUT2D eigenvalue weighted by Crippen LogP contribution is -2.33. The van der Waals surface area contributed by atoms with E-state index in [0.29, 0.717) is 0 Å². The van der Waals surface area contributed by atoms with Crippen LogP contribution in [0, 0.1) is 0 Å². The van der Waals surface area contributed by atoms with Gasteiger partial charge in [-0.2, -0.15) is 0 Å². The minimum absolute atomic E-state index is 0.217. The van der Waals surface area contributed by atoms with Crippen molar-refractivity contribution in [3.05, 3.63) is 29.8 Å². The Morgan fingerprint density at radius 1 is 1.36 bits per heavy atom. The van der Waals surface area contributed by atoms with Gasteiger partial charge in [-0.05, 0) is 17.7 Å². The molecular formula is C11H16N2O. The second-order valence-electron chi connectivity index (χ2n) is 3.44. The van der Waals surface area contributed by atoms with E-state index >= 15 is 0 Å². The molecule has 1 aromatic carbocycles. The first kappa shape index (κ1) is 9.49. The number of anilines is 1. The van der Waals surface area contributed by atoms with Gasteiger partial charge < -0.3 is 15.4 Å². The summed E-state index contributed by atoms with van der Waals surface area (Å²) in [5, 5.41) is 6.42. The van der Waals surface area contributed by atoms with Gasteiger partial charge in [0.2, 0.25) is 0 Å². The fourth-order valence-corrected chi connectivity index (χ4v) is 1.64. The molecule has 3 nitrogen and oxygen atoms in total. The van der Waals surface area contributed by atoms with E-state index in [1.807, 2.05) is 7.05 Å². The Morgan fingerprint density at radius 3 is 2.71 bits per heavy atom. The highest BCUT2D eigenvalue weighted by atomic mass is 16.5. The zero-order valence-corrected chi connectivity index (χ0v) is 8.42. The molecule has 1 aliphatic rings. The Morgan fingerprint density at radius 2 is 2.14 bits per heavy atom. The van der Waals surface area contributed by atoms with E-state index in [1.165, 1.54) is 5.56 Å². The number of benzene rings is 1. The SMILES string of the molecule is CNc1ccc(C2CNCCO2)cc1. The summed E-state index contributed by atoms with van der Waals surface area (Å²) in [6, 6.07) is 8.38. The first-order chi connectivity index (χ1) is 6.90. The highest BCUT2D eigenvalue weighted by molar-refractivity contribution is 5.44. The summed E-state index contributed by atoms with van der Waals surface area (Å²) in [6.45, 7) is 2.68. The molecule has 1 saturated heterocycles. The van der Waals surface area contributed by atoms with Gasteiger partial charge in [-0.1, -0.05) is 12.1 Å². The van der Waals surface area contributed by atoms with Gasteiger partial charge in [-0.3, -0.25) is 0 Å². The number of nitrogens with one attached hydrogen (secondary N) is 2. The Hall–Kier alpha value is -1.06. The number of hydrogen-bond donors (Lipinski definition) is 2. The maximum absolute atomic E-state index is 5.65. The van der Waals surface area contributed by atoms with Crippen LogP contribution in [-0.4, -0.2) is 26.7 Å². The zero-order valence-electron chi connectivity index (χ0n) is 8.42. The summed E-state index contributed by atoms with van der Waals surface area (Å²) in [7, 11) is 1.92. The first-order valence-electron chi connectivity index (χ1n) is 5.00. The standard InChI is InChI=1S/C11H16N2O/c1-12-10-4-2-9(3-5-10)11-8-13-6-7-14-11/h2-5,11-13H,6-8H2,1H3. The summed E-state index contributed by atoms with van der Waals surface area (Å²) in [6.07, 6.45) is 0.217. The van der Waals surface area contributed by atoms with Gasteiger partial charge in [0.05, 0.1) is 12.7 Å². The van der Waals surface area contributed by atoms with Crippen molar-refractivity contribution >= 4 is 5.69 Å². The summed E-state index contributed by atoms with van der Waals surface area (Å²) >= 11 is 0. The van der Waals surface area contributed by atoms with E-state index in [4.69, 9.17) is 4.74 Å². The minimum atomic E-state index is 0.217. The normalized spacial score (nSPS) is 21.9. The third-order valence-corrected chi connectivity index (χ3v) is 2.50. The molecule has 0 aromatic heterocycles. The molecule has 0 spiro atoms. The van der Waals surface area contributed by atoms with Gasteiger partial charge in [-0.15, -0.1) is 0 Å². The summed E-state index contributed by atoms with van der Waals surface area (Å²) in [5.41, 5.74) is 2.38. The van der Waals surface area contributed by atoms with E-state index in [1.54, 1.807) is 0 Å². The van der Waals surface area contributed by atoms with Crippen LogP contribution in [0.3, 0.4) is 0 Å². The number of morpholine rings is 1. The maximum atomic E-state index is 5.65. The summed E-state index contributed by atoms with van der Waals surface area (Å²) < 4.78 is 5.65. The topological polar surface area (TPSA) is 33.3 Å². The molecule has 1 heterocycles.